The van der Waals surface area contributed by atoms with Gasteiger partial charge in [0.1, 0.15) is 5.84 Å². The number of amidine groups is 1. The lowest BCUT2D eigenvalue weighted by Crippen LogP contribution is -2.54. The number of nitrogens with one attached hydrogen (secondary N) is 1. The van der Waals surface area contributed by atoms with Crippen molar-refractivity contribution in [3.8, 4) is 0 Å². The van der Waals surface area contributed by atoms with Crippen molar-refractivity contribution < 1.29 is 0 Å². The van der Waals surface area contributed by atoms with E-state index < -0.39 is 0 Å². The number of alkyl halides is 1. The molecule has 0 amide bonds. The molecule has 2 bridgehead atoms. The van der Waals surface area contributed by atoms with Crippen LogP contribution in [0.4, 0.5) is 0 Å². The minimum absolute atomic E-state index is 0.426. The topological polar surface area (TPSA) is 27.6 Å². The fraction of sp³-hybridized carbons (Fsp3) is 0.957. The number of hydrogen-bond donors (Lipinski definition) is 1. The minimum atomic E-state index is 0.426. The van der Waals surface area contributed by atoms with Gasteiger partial charge in [0.05, 0.1) is 6.04 Å². The summed E-state index contributed by atoms with van der Waals surface area (Å²) in [5, 5.41) is 4.42. The van der Waals surface area contributed by atoms with Crippen LogP contribution in [0.15, 0.2) is 4.99 Å². The number of aliphatic imine (C=N–C) groups is 1. The summed E-state index contributed by atoms with van der Waals surface area (Å²) in [6.45, 7) is 4.86. The van der Waals surface area contributed by atoms with Gasteiger partial charge in [0.15, 0.2) is 0 Å². The molecule has 2 saturated heterocycles. The second kappa shape index (κ2) is 7.20. The van der Waals surface area contributed by atoms with E-state index in [1.54, 1.807) is 0 Å². The van der Waals surface area contributed by atoms with Gasteiger partial charge in [-0.2, -0.15) is 0 Å². The average Bonchev–Trinajstić information content (AvgIpc) is 3.13. The Hall–Kier alpha value is -0.280. The third-order valence-electron chi connectivity index (χ3n) is 9.25. The number of hydrogen-bond acceptors (Lipinski definition) is 3. The third-order valence-corrected chi connectivity index (χ3v) is 9.69. The lowest BCUT2D eigenvalue weighted by molar-refractivity contribution is 0.0567. The highest BCUT2D eigenvalue weighted by Crippen LogP contribution is 2.49. The highest BCUT2D eigenvalue weighted by molar-refractivity contribution is 6.20. The monoisotopic (exact) mass is 391 g/mol. The van der Waals surface area contributed by atoms with Crippen molar-refractivity contribution >= 4 is 17.4 Å². The first-order chi connectivity index (χ1) is 13.0. The van der Waals surface area contributed by atoms with Crippen molar-refractivity contribution in [2.24, 2.45) is 34.6 Å². The van der Waals surface area contributed by atoms with Crippen LogP contribution < -0.4 is 5.32 Å². The molecule has 0 aromatic carbocycles. The molecule has 3 aliphatic heterocycles. The Labute approximate surface area is 170 Å². The number of nitrogens with zero attached hydrogens (tertiary/aromatic N) is 2. The van der Waals surface area contributed by atoms with E-state index in [-0.39, 0.29) is 0 Å². The Balaban J connectivity index is 1.40. The van der Waals surface area contributed by atoms with Gasteiger partial charge in [-0.1, -0.05) is 13.8 Å². The maximum Gasteiger partial charge on any atom is 0.102 e. The van der Waals surface area contributed by atoms with E-state index in [4.69, 9.17) is 16.6 Å². The molecule has 8 atom stereocenters. The predicted octanol–water partition coefficient (Wildman–Crippen LogP) is 4.69. The van der Waals surface area contributed by atoms with Gasteiger partial charge in [0.2, 0.25) is 0 Å². The molecule has 0 radical (unpaired) electrons. The smallest absolute Gasteiger partial charge is 0.102 e. The van der Waals surface area contributed by atoms with E-state index in [1.165, 1.54) is 63.6 Å². The van der Waals surface area contributed by atoms with Crippen LogP contribution in [-0.4, -0.2) is 47.3 Å². The molecule has 3 heterocycles. The van der Waals surface area contributed by atoms with E-state index >= 15 is 0 Å². The van der Waals surface area contributed by atoms with Crippen molar-refractivity contribution in [2.75, 3.05) is 7.05 Å². The SMILES string of the molecule is CC1CC2N=C([C@@H]3C4CC[C@H](C[C@@H]3C3CCC(Cl)CC3)N4C)NC2CC1C. The number of halogens is 1. The van der Waals surface area contributed by atoms with Gasteiger partial charge in [-0.25, -0.2) is 0 Å². The van der Waals surface area contributed by atoms with Gasteiger partial charge in [-0.15, -0.1) is 11.6 Å². The molecule has 2 aliphatic carbocycles. The zero-order valence-electron chi connectivity index (χ0n) is 17.4. The van der Waals surface area contributed by atoms with Crippen LogP contribution in [0, 0.1) is 29.6 Å². The lowest BCUT2D eigenvalue weighted by Gasteiger charge is -2.47. The zero-order chi connectivity index (χ0) is 18.7. The van der Waals surface area contributed by atoms with Crippen LogP contribution in [0.25, 0.3) is 0 Å². The molecular weight excluding hydrogens is 354 g/mol. The fourth-order valence-corrected chi connectivity index (χ4v) is 7.59. The highest BCUT2D eigenvalue weighted by Gasteiger charge is 2.52. The first-order valence-electron chi connectivity index (χ1n) is 11.7. The fourth-order valence-electron chi connectivity index (χ4n) is 7.34. The van der Waals surface area contributed by atoms with Gasteiger partial charge in [0.25, 0.3) is 0 Å². The second-order valence-electron chi connectivity index (χ2n) is 10.7. The normalized spacial score (nSPS) is 53.0. The van der Waals surface area contributed by atoms with E-state index in [1.807, 2.05) is 0 Å². The molecule has 5 rings (SSSR count). The maximum absolute atomic E-state index is 6.44. The molecule has 4 heteroatoms. The molecule has 2 saturated carbocycles. The summed E-state index contributed by atoms with van der Waals surface area (Å²) < 4.78 is 0. The Morgan fingerprint density at radius 1 is 0.963 bits per heavy atom. The summed E-state index contributed by atoms with van der Waals surface area (Å²) in [4.78, 5) is 8.10. The molecule has 5 aliphatic rings. The molecule has 0 spiro atoms. The first kappa shape index (κ1) is 18.7. The van der Waals surface area contributed by atoms with E-state index in [9.17, 15) is 0 Å². The molecule has 152 valence electrons. The standard InChI is InChI=1S/C23H38ClN3/c1-13-10-19-20(11-14(13)2)26-23(25-19)22-18(15-4-6-16(24)7-5-15)12-17-8-9-21(22)27(17)3/h13-22H,4-12H2,1-3H3,(H,25,26)/t13?,14?,15?,16?,17-,18-,19?,20?,21?,22+/m1/s1. The van der Waals surface area contributed by atoms with Crippen LogP contribution >= 0.6 is 11.6 Å². The predicted molar refractivity (Wildman–Crippen MR) is 113 cm³/mol. The summed E-state index contributed by atoms with van der Waals surface area (Å²) in [5.41, 5.74) is 0. The van der Waals surface area contributed by atoms with E-state index in [0.29, 0.717) is 29.4 Å². The molecule has 3 nitrogen and oxygen atoms in total. The van der Waals surface area contributed by atoms with Gasteiger partial charge in [-0.05, 0) is 88.5 Å². The van der Waals surface area contributed by atoms with Crippen LogP contribution in [-0.2, 0) is 0 Å². The third kappa shape index (κ3) is 3.25. The van der Waals surface area contributed by atoms with Crippen LogP contribution in [0.3, 0.4) is 0 Å². The van der Waals surface area contributed by atoms with Crippen LogP contribution in [0.5, 0.6) is 0 Å². The van der Waals surface area contributed by atoms with Crippen molar-refractivity contribution in [3.05, 3.63) is 0 Å². The highest BCUT2D eigenvalue weighted by atomic mass is 35.5. The summed E-state index contributed by atoms with van der Waals surface area (Å²) in [6.07, 6.45) is 11.9. The summed E-state index contributed by atoms with van der Waals surface area (Å²) in [6, 6.07) is 2.67. The zero-order valence-corrected chi connectivity index (χ0v) is 18.2. The van der Waals surface area contributed by atoms with Crippen molar-refractivity contribution in [1.29, 1.82) is 0 Å². The number of piperidine rings is 1. The maximum atomic E-state index is 6.44. The molecule has 1 N–H and O–H groups in total. The Kier molecular flexibility index (Phi) is 4.99. The summed E-state index contributed by atoms with van der Waals surface area (Å²) >= 11 is 6.44. The number of fused-ring (bicyclic) bond motifs is 3. The lowest BCUT2D eigenvalue weighted by atomic mass is 9.68. The van der Waals surface area contributed by atoms with E-state index in [0.717, 1.165) is 29.7 Å². The second-order valence-corrected chi connectivity index (χ2v) is 11.3. The average molecular weight is 392 g/mol. The van der Waals surface area contributed by atoms with Gasteiger partial charge in [-0.3, -0.25) is 9.89 Å². The van der Waals surface area contributed by atoms with Crippen molar-refractivity contribution in [1.82, 2.24) is 10.2 Å². The minimum Gasteiger partial charge on any atom is -0.369 e. The molecule has 27 heavy (non-hydrogen) atoms. The molecule has 0 aromatic rings. The van der Waals surface area contributed by atoms with Gasteiger partial charge >= 0.3 is 0 Å². The van der Waals surface area contributed by atoms with Gasteiger partial charge in [0, 0.05) is 29.4 Å². The van der Waals surface area contributed by atoms with Gasteiger partial charge < -0.3 is 5.32 Å². The van der Waals surface area contributed by atoms with Crippen LogP contribution in [0.2, 0.25) is 0 Å². The molecule has 4 fully saturated rings. The van der Waals surface area contributed by atoms with Crippen molar-refractivity contribution in [3.63, 3.8) is 0 Å². The Morgan fingerprint density at radius 2 is 1.70 bits per heavy atom. The van der Waals surface area contributed by atoms with Crippen molar-refractivity contribution in [2.45, 2.75) is 101 Å². The molecular formula is C23H38ClN3. The summed E-state index contributed by atoms with van der Waals surface area (Å²) in [7, 11) is 2.38. The number of rotatable bonds is 2. The quantitative estimate of drug-likeness (QED) is 0.691. The van der Waals surface area contributed by atoms with E-state index in [2.05, 4.69) is 31.1 Å². The molecule has 0 aromatic heterocycles. The summed E-state index contributed by atoms with van der Waals surface area (Å²) in [5.74, 6) is 5.38. The Bertz CT molecular complexity index is 584. The molecule has 5 unspecified atom stereocenters. The first-order valence-corrected chi connectivity index (χ1v) is 12.1. The largest absolute Gasteiger partial charge is 0.369 e. The Morgan fingerprint density at radius 3 is 2.48 bits per heavy atom. The van der Waals surface area contributed by atoms with Crippen LogP contribution in [0.1, 0.15) is 71.6 Å².